The average molecular weight is 259 g/mol. The van der Waals surface area contributed by atoms with Crippen LogP contribution in [0.15, 0.2) is 18.2 Å². The number of carbonyl (C=O) groups excluding carboxylic acids is 1. The summed E-state index contributed by atoms with van der Waals surface area (Å²) in [5, 5.41) is -0.279. The van der Waals surface area contributed by atoms with Gasteiger partial charge in [-0.25, -0.2) is 8.78 Å². The Bertz CT molecular complexity index is 413. The molecule has 0 aliphatic rings. The zero-order chi connectivity index (χ0) is 12.5. The highest BCUT2D eigenvalue weighted by Crippen LogP contribution is 2.34. The van der Waals surface area contributed by atoms with Gasteiger partial charge in [-0.1, -0.05) is 11.6 Å². The summed E-state index contributed by atoms with van der Waals surface area (Å²) in [5.74, 6) is -1.87. The SMILES string of the molecule is O=C(c1ccc(Cl)cc1C(F)(F)F)C(F)F. The van der Waals surface area contributed by atoms with Crippen LogP contribution in [0.1, 0.15) is 15.9 Å². The predicted molar refractivity (Wildman–Crippen MR) is 46.8 cm³/mol. The van der Waals surface area contributed by atoms with Crippen LogP contribution in [-0.4, -0.2) is 12.2 Å². The molecular weight excluding hydrogens is 255 g/mol. The number of alkyl halides is 5. The first-order valence-corrected chi connectivity index (χ1v) is 4.30. The highest BCUT2D eigenvalue weighted by atomic mass is 35.5. The summed E-state index contributed by atoms with van der Waals surface area (Å²) < 4.78 is 61.3. The molecule has 0 aliphatic heterocycles. The number of rotatable bonds is 2. The van der Waals surface area contributed by atoms with Crippen LogP contribution in [0.2, 0.25) is 5.02 Å². The highest BCUT2D eigenvalue weighted by Gasteiger charge is 2.37. The number of ketones is 1. The van der Waals surface area contributed by atoms with Crippen LogP contribution in [0.3, 0.4) is 0 Å². The molecular formula is C9H4ClF5O. The van der Waals surface area contributed by atoms with E-state index < -0.39 is 29.5 Å². The first kappa shape index (κ1) is 12.9. The normalized spacial score (nSPS) is 11.9. The Hall–Kier alpha value is -1.17. The van der Waals surface area contributed by atoms with Crippen molar-refractivity contribution in [1.82, 2.24) is 0 Å². The molecule has 0 unspecified atom stereocenters. The number of Topliss-reactive ketones (excluding diaryl/α,β-unsaturated/α-hetero) is 1. The summed E-state index contributed by atoms with van der Waals surface area (Å²) in [4.78, 5) is 10.8. The fourth-order valence-electron chi connectivity index (χ4n) is 1.08. The minimum absolute atomic E-state index is 0.279. The van der Waals surface area contributed by atoms with Crippen LogP contribution in [0, 0.1) is 0 Å². The van der Waals surface area contributed by atoms with Crippen molar-refractivity contribution in [2.24, 2.45) is 0 Å². The summed E-state index contributed by atoms with van der Waals surface area (Å²) >= 11 is 5.31. The summed E-state index contributed by atoms with van der Waals surface area (Å²) in [7, 11) is 0. The van der Waals surface area contributed by atoms with Crippen LogP contribution in [-0.2, 0) is 6.18 Å². The van der Waals surface area contributed by atoms with E-state index in [0.717, 1.165) is 6.07 Å². The van der Waals surface area contributed by atoms with Crippen molar-refractivity contribution < 1.29 is 26.7 Å². The molecule has 0 radical (unpaired) electrons. The van der Waals surface area contributed by atoms with Crippen molar-refractivity contribution in [2.75, 3.05) is 0 Å². The molecule has 0 spiro atoms. The topological polar surface area (TPSA) is 17.1 Å². The molecule has 0 N–H and O–H groups in total. The lowest BCUT2D eigenvalue weighted by molar-refractivity contribution is -0.138. The molecule has 88 valence electrons. The molecule has 0 amide bonds. The van der Waals surface area contributed by atoms with Crippen molar-refractivity contribution in [1.29, 1.82) is 0 Å². The lowest BCUT2D eigenvalue weighted by Crippen LogP contribution is -2.17. The molecule has 1 nitrogen and oxygen atoms in total. The van der Waals surface area contributed by atoms with Crippen molar-refractivity contribution in [3.63, 3.8) is 0 Å². The van der Waals surface area contributed by atoms with Gasteiger partial charge in [0.25, 0.3) is 0 Å². The summed E-state index contributed by atoms with van der Waals surface area (Å²) in [6.45, 7) is 0. The van der Waals surface area contributed by atoms with E-state index in [1.165, 1.54) is 0 Å². The first-order valence-electron chi connectivity index (χ1n) is 3.92. The minimum Gasteiger partial charge on any atom is -0.288 e. The molecule has 16 heavy (non-hydrogen) atoms. The average Bonchev–Trinajstić information content (AvgIpc) is 2.15. The Kier molecular flexibility index (Phi) is 3.52. The Balaban J connectivity index is 3.34. The Labute approximate surface area is 91.8 Å². The largest absolute Gasteiger partial charge is 0.417 e. The van der Waals surface area contributed by atoms with Gasteiger partial charge in [-0.3, -0.25) is 4.79 Å². The van der Waals surface area contributed by atoms with Crippen LogP contribution in [0.5, 0.6) is 0 Å². The van der Waals surface area contributed by atoms with E-state index in [1.807, 2.05) is 0 Å². The predicted octanol–water partition coefficient (Wildman–Crippen LogP) is 3.81. The minimum atomic E-state index is -4.90. The lowest BCUT2D eigenvalue weighted by Gasteiger charge is -2.11. The van der Waals surface area contributed by atoms with Gasteiger partial charge in [0.2, 0.25) is 5.78 Å². The third-order valence-corrected chi connectivity index (χ3v) is 1.99. The summed E-state index contributed by atoms with van der Waals surface area (Å²) in [6.07, 6.45) is -8.38. The maximum Gasteiger partial charge on any atom is 0.417 e. The molecule has 0 atom stereocenters. The van der Waals surface area contributed by atoms with Gasteiger partial charge in [-0.15, -0.1) is 0 Å². The third kappa shape index (κ3) is 2.69. The van der Waals surface area contributed by atoms with E-state index in [2.05, 4.69) is 0 Å². The molecule has 0 fully saturated rings. The molecule has 0 aliphatic carbocycles. The zero-order valence-corrected chi connectivity index (χ0v) is 8.24. The quantitative estimate of drug-likeness (QED) is 0.582. The van der Waals surface area contributed by atoms with Crippen LogP contribution in [0.4, 0.5) is 22.0 Å². The second-order valence-electron chi connectivity index (χ2n) is 2.85. The van der Waals surface area contributed by atoms with Gasteiger partial charge in [-0.05, 0) is 18.2 Å². The molecule has 1 aromatic carbocycles. The molecule has 0 bridgehead atoms. The maximum absolute atomic E-state index is 12.4. The van der Waals surface area contributed by atoms with E-state index in [0.29, 0.717) is 12.1 Å². The van der Waals surface area contributed by atoms with Crippen LogP contribution in [0.25, 0.3) is 0 Å². The fraction of sp³-hybridized carbons (Fsp3) is 0.222. The molecule has 0 heterocycles. The van der Waals surface area contributed by atoms with Gasteiger partial charge in [0.05, 0.1) is 5.56 Å². The van der Waals surface area contributed by atoms with Crippen molar-refractivity contribution >= 4 is 17.4 Å². The summed E-state index contributed by atoms with van der Waals surface area (Å²) in [6, 6.07) is 2.03. The Morgan fingerprint density at radius 1 is 1.25 bits per heavy atom. The van der Waals surface area contributed by atoms with Gasteiger partial charge in [0.1, 0.15) is 0 Å². The lowest BCUT2D eigenvalue weighted by atomic mass is 10.0. The molecule has 7 heteroatoms. The van der Waals surface area contributed by atoms with Gasteiger partial charge >= 0.3 is 12.6 Å². The van der Waals surface area contributed by atoms with Crippen molar-refractivity contribution in [2.45, 2.75) is 12.6 Å². The van der Waals surface area contributed by atoms with Crippen LogP contribution >= 0.6 is 11.6 Å². The summed E-state index contributed by atoms with van der Waals surface area (Å²) in [5.41, 5.74) is -2.53. The smallest absolute Gasteiger partial charge is 0.288 e. The highest BCUT2D eigenvalue weighted by molar-refractivity contribution is 6.30. The van der Waals surface area contributed by atoms with E-state index >= 15 is 0 Å². The number of hydrogen-bond donors (Lipinski definition) is 0. The molecule has 0 saturated heterocycles. The van der Waals surface area contributed by atoms with Gasteiger partial charge in [0, 0.05) is 10.6 Å². The second kappa shape index (κ2) is 4.37. The van der Waals surface area contributed by atoms with Gasteiger partial charge in [-0.2, -0.15) is 13.2 Å². The maximum atomic E-state index is 12.4. The fourth-order valence-corrected chi connectivity index (χ4v) is 1.26. The van der Waals surface area contributed by atoms with Crippen molar-refractivity contribution in [3.05, 3.63) is 34.3 Å². The first-order chi connectivity index (χ1) is 7.23. The molecule has 1 aromatic rings. The number of hydrogen-bond acceptors (Lipinski definition) is 1. The van der Waals surface area contributed by atoms with Gasteiger partial charge in [0.15, 0.2) is 0 Å². The Morgan fingerprint density at radius 3 is 2.25 bits per heavy atom. The Morgan fingerprint density at radius 2 is 1.81 bits per heavy atom. The van der Waals surface area contributed by atoms with E-state index in [9.17, 15) is 26.7 Å². The third-order valence-electron chi connectivity index (χ3n) is 1.75. The number of benzene rings is 1. The van der Waals surface area contributed by atoms with E-state index in [4.69, 9.17) is 11.6 Å². The molecule has 1 rings (SSSR count). The van der Waals surface area contributed by atoms with Gasteiger partial charge < -0.3 is 0 Å². The van der Waals surface area contributed by atoms with E-state index in [1.54, 1.807) is 0 Å². The number of carbonyl (C=O) groups is 1. The number of halogens is 6. The second-order valence-corrected chi connectivity index (χ2v) is 3.29. The molecule has 0 aromatic heterocycles. The molecule has 0 saturated carbocycles. The monoisotopic (exact) mass is 258 g/mol. The van der Waals surface area contributed by atoms with Crippen LogP contribution < -0.4 is 0 Å². The zero-order valence-electron chi connectivity index (χ0n) is 7.49. The van der Waals surface area contributed by atoms with E-state index in [-0.39, 0.29) is 5.02 Å². The van der Waals surface area contributed by atoms with Crippen molar-refractivity contribution in [3.8, 4) is 0 Å². The standard InChI is InChI=1S/C9H4ClF5O/c10-4-1-2-5(7(16)8(11)12)6(3-4)9(13,14)15/h1-3,8H.